The van der Waals surface area contributed by atoms with Crippen LogP contribution in [0.25, 0.3) is 16.5 Å². The number of hydrogen-bond donors (Lipinski definition) is 0. The molecule has 1 atom stereocenters. The molecule has 3 aromatic carbocycles. The summed E-state index contributed by atoms with van der Waals surface area (Å²) >= 11 is 0. The first-order chi connectivity index (χ1) is 16.1. The largest absolute Gasteiger partial charge is 0.497 e. The second-order valence-corrected chi connectivity index (χ2v) is 10.6. The van der Waals surface area contributed by atoms with Crippen molar-refractivity contribution in [2.45, 2.75) is 26.7 Å². The fourth-order valence-electron chi connectivity index (χ4n) is 4.91. The summed E-state index contributed by atoms with van der Waals surface area (Å²) in [6, 6.07) is 25.9. The molecule has 0 saturated carbocycles. The van der Waals surface area contributed by atoms with E-state index in [2.05, 4.69) is 30.7 Å². The van der Waals surface area contributed by atoms with Crippen molar-refractivity contribution in [1.82, 2.24) is 4.98 Å². The van der Waals surface area contributed by atoms with Crippen LogP contribution in [0.2, 0.25) is 0 Å². The molecule has 1 aromatic heterocycles. The molecule has 0 N–H and O–H groups in total. The van der Waals surface area contributed by atoms with Crippen molar-refractivity contribution in [1.29, 1.82) is 0 Å². The van der Waals surface area contributed by atoms with Crippen LogP contribution in [0.3, 0.4) is 0 Å². The molecule has 0 radical (unpaired) electrons. The highest BCUT2D eigenvalue weighted by Gasteiger charge is 2.43. The summed E-state index contributed by atoms with van der Waals surface area (Å²) in [5.41, 5.74) is 5.02. The van der Waals surface area contributed by atoms with Gasteiger partial charge in [0.2, 0.25) is 7.29 Å². The van der Waals surface area contributed by atoms with Crippen LogP contribution in [0.4, 0.5) is 5.69 Å². The third-order valence-electron chi connectivity index (χ3n) is 6.38. The van der Waals surface area contributed by atoms with E-state index < -0.39 is 7.29 Å². The van der Waals surface area contributed by atoms with Gasteiger partial charge in [0.15, 0.2) is 0 Å². The van der Waals surface area contributed by atoms with Crippen LogP contribution < -0.4 is 20.0 Å². The number of anilines is 1. The van der Waals surface area contributed by atoms with E-state index in [0.717, 1.165) is 57.1 Å². The van der Waals surface area contributed by atoms with Crippen molar-refractivity contribution in [3.63, 3.8) is 0 Å². The van der Waals surface area contributed by atoms with Gasteiger partial charge in [-0.25, -0.2) is 0 Å². The first kappa shape index (κ1) is 21.5. The third-order valence-corrected chi connectivity index (χ3v) is 9.44. The zero-order valence-electron chi connectivity index (χ0n) is 19.2. The molecule has 166 valence electrons. The molecule has 4 aromatic rings. The number of aromatic nitrogens is 1. The molecule has 0 amide bonds. The minimum atomic E-state index is -3.27. The number of rotatable bonds is 5. The lowest BCUT2D eigenvalue weighted by Gasteiger charge is -2.42. The number of benzene rings is 3. The fourth-order valence-corrected chi connectivity index (χ4v) is 8.08. The van der Waals surface area contributed by atoms with E-state index >= 15 is 4.57 Å². The maximum atomic E-state index is 15.5. The first-order valence-corrected chi connectivity index (χ1v) is 13.0. The van der Waals surface area contributed by atoms with E-state index in [0.29, 0.717) is 0 Å². The number of pyridine rings is 1. The Kier molecular flexibility index (Phi) is 5.55. The third kappa shape index (κ3) is 3.29. The number of nitrogens with zero attached hydrogens (tertiary/aromatic N) is 2. The Balaban J connectivity index is 1.93. The highest BCUT2D eigenvalue weighted by molar-refractivity contribution is 7.80. The molecule has 5 rings (SSSR count). The maximum absolute atomic E-state index is 15.5. The molecule has 0 unspecified atom stereocenters. The van der Waals surface area contributed by atoms with Gasteiger partial charge >= 0.3 is 0 Å². The highest BCUT2D eigenvalue weighted by atomic mass is 31.2. The van der Waals surface area contributed by atoms with Crippen LogP contribution in [-0.2, 0) is 4.57 Å². The van der Waals surface area contributed by atoms with Gasteiger partial charge in [0.25, 0.3) is 0 Å². The maximum Gasteiger partial charge on any atom is 0.234 e. The molecule has 5 heteroatoms. The minimum absolute atomic E-state index is 0.750. The summed E-state index contributed by atoms with van der Waals surface area (Å²) < 4.78 is 23.1. The zero-order valence-corrected chi connectivity index (χ0v) is 20.0. The van der Waals surface area contributed by atoms with Crippen LogP contribution in [0.1, 0.15) is 32.3 Å². The summed E-state index contributed by atoms with van der Waals surface area (Å²) in [5.74, 6) is 0.773. The van der Waals surface area contributed by atoms with Gasteiger partial charge in [0.1, 0.15) is 5.75 Å². The lowest BCUT2D eigenvalue weighted by Crippen LogP contribution is -2.37. The van der Waals surface area contributed by atoms with Crippen molar-refractivity contribution in [3.8, 4) is 5.75 Å². The van der Waals surface area contributed by atoms with Gasteiger partial charge in [0.05, 0.1) is 18.3 Å². The fraction of sp³-hybridized carbons (Fsp3) is 0.179. The SMILES string of the molecule is CCC1=C(CC)N(c2cccc3cccnc23)[P@](=O)(c2ccccc2)c2ccc(OC)cc21. The van der Waals surface area contributed by atoms with Crippen molar-refractivity contribution >= 4 is 40.1 Å². The molecule has 0 saturated heterocycles. The van der Waals surface area contributed by atoms with E-state index in [4.69, 9.17) is 9.72 Å². The Labute approximate surface area is 195 Å². The van der Waals surface area contributed by atoms with Crippen LogP contribution in [0, 0.1) is 0 Å². The van der Waals surface area contributed by atoms with E-state index in [9.17, 15) is 0 Å². The Morgan fingerprint density at radius 3 is 2.42 bits per heavy atom. The van der Waals surface area contributed by atoms with E-state index in [1.807, 2.05) is 66.7 Å². The van der Waals surface area contributed by atoms with Crippen LogP contribution in [-0.4, -0.2) is 12.1 Å². The number of ether oxygens (including phenoxy) is 1. The van der Waals surface area contributed by atoms with Gasteiger partial charge in [0, 0.05) is 27.9 Å². The Hall–Kier alpha value is -3.36. The average molecular weight is 455 g/mol. The summed E-state index contributed by atoms with van der Waals surface area (Å²) in [4.78, 5) is 4.71. The normalized spacial score (nSPS) is 17.8. The molecule has 0 bridgehead atoms. The summed E-state index contributed by atoms with van der Waals surface area (Å²) in [6.07, 6.45) is 3.38. The lowest BCUT2D eigenvalue weighted by molar-refractivity contribution is 0.415. The van der Waals surface area contributed by atoms with Crippen molar-refractivity contribution in [2.24, 2.45) is 0 Å². The Morgan fingerprint density at radius 1 is 0.909 bits per heavy atom. The van der Waals surface area contributed by atoms with Gasteiger partial charge in [-0.3, -0.25) is 14.2 Å². The van der Waals surface area contributed by atoms with Gasteiger partial charge in [-0.05, 0) is 66.4 Å². The molecular weight excluding hydrogens is 427 g/mol. The van der Waals surface area contributed by atoms with Gasteiger partial charge in [-0.15, -0.1) is 0 Å². The predicted molar refractivity (Wildman–Crippen MR) is 138 cm³/mol. The Morgan fingerprint density at radius 2 is 1.70 bits per heavy atom. The molecule has 2 heterocycles. The number of allylic oxidation sites excluding steroid dienone is 2. The van der Waals surface area contributed by atoms with E-state index in [1.165, 1.54) is 5.57 Å². The quantitative estimate of drug-likeness (QED) is 0.322. The van der Waals surface area contributed by atoms with Gasteiger partial charge in [-0.1, -0.05) is 50.2 Å². The molecule has 0 fully saturated rings. The standard InChI is InChI=1S/C28H27N2O2P/c1-4-23-24-19-21(32-3)16-17-27(24)33(31,22-13-7-6-8-14-22)30(25(23)5-2)26-15-9-11-20-12-10-18-29-28(20)26/h6-19H,4-5H2,1-3H3/t33-/m0/s1. The Bertz CT molecular complexity index is 1410. The number of hydrogen-bond acceptors (Lipinski definition) is 3. The molecule has 1 aliphatic heterocycles. The lowest BCUT2D eigenvalue weighted by atomic mass is 9.98. The second kappa shape index (κ2) is 8.53. The van der Waals surface area contributed by atoms with Crippen LogP contribution in [0.5, 0.6) is 5.75 Å². The molecule has 33 heavy (non-hydrogen) atoms. The minimum Gasteiger partial charge on any atom is -0.497 e. The van der Waals surface area contributed by atoms with E-state index in [1.54, 1.807) is 13.3 Å². The number of fused-ring (bicyclic) bond motifs is 2. The first-order valence-electron chi connectivity index (χ1n) is 11.3. The summed E-state index contributed by atoms with van der Waals surface area (Å²) in [7, 11) is -1.59. The van der Waals surface area contributed by atoms with E-state index in [-0.39, 0.29) is 0 Å². The average Bonchev–Trinajstić information content (AvgIpc) is 2.88. The van der Waals surface area contributed by atoms with Gasteiger partial charge < -0.3 is 4.74 Å². The monoisotopic (exact) mass is 454 g/mol. The topological polar surface area (TPSA) is 42.4 Å². The summed E-state index contributed by atoms with van der Waals surface area (Å²) in [5, 5.41) is 2.69. The van der Waals surface area contributed by atoms with Gasteiger partial charge in [-0.2, -0.15) is 0 Å². The van der Waals surface area contributed by atoms with Crippen molar-refractivity contribution in [3.05, 3.63) is 96.3 Å². The molecule has 0 aliphatic carbocycles. The highest BCUT2D eigenvalue weighted by Crippen LogP contribution is 2.59. The molecule has 0 spiro atoms. The van der Waals surface area contributed by atoms with Crippen LogP contribution in [0.15, 0.2) is 90.8 Å². The number of methoxy groups -OCH3 is 1. The summed E-state index contributed by atoms with van der Waals surface area (Å²) in [6.45, 7) is 4.30. The number of para-hydroxylation sites is 1. The van der Waals surface area contributed by atoms with Crippen LogP contribution >= 0.6 is 7.29 Å². The smallest absolute Gasteiger partial charge is 0.234 e. The van der Waals surface area contributed by atoms with Crippen molar-refractivity contribution in [2.75, 3.05) is 11.8 Å². The second-order valence-electron chi connectivity index (χ2n) is 8.09. The molecule has 4 nitrogen and oxygen atoms in total. The van der Waals surface area contributed by atoms with Crippen molar-refractivity contribution < 1.29 is 9.30 Å². The molecule has 1 aliphatic rings. The zero-order chi connectivity index (χ0) is 23.0. The predicted octanol–water partition coefficient (Wildman–Crippen LogP) is 6.52. The molecular formula is C28H27N2O2P.